The van der Waals surface area contributed by atoms with Gasteiger partial charge in [0, 0.05) is 12.4 Å². The molecule has 92 valence electrons. The number of pyridine rings is 1. The Morgan fingerprint density at radius 2 is 2.17 bits per heavy atom. The quantitative estimate of drug-likeness (QED) is 0.833. The average molecular weight is 241 g/mol. The van der Waals surface area contributed by atoms with Crippen LogP contribution in [-0.4, -0.2) is 20.8 Å². The molecule has 0 spiro atoms. The van der Waals surface area contributed by atoms with Crippen molar-refractivity contribution in [3.8, 4) is 6.07 Å². The van der Waals surface area contributed by atoms with Crippen LogP contribution in [0.25, 0.3) is 11.0 Å². The molecule has 0 unspecified atom stereocenters. The molecule has 2 aromatic heterocycles. The summed E-state index contributed by atoms with van der Waals surface area (Å²) in [6.45, 7) is 0. The van der Waals surface area contributed by atoms with Gasteiger partial charge < -0.3 is 9.67 Å². The van der Waals surface area contributed by atoms with Crippen molar-refractivity contribution in [3.63, 3.8) is 0 Å². The molecule has 0 aromatic carbocycles. The van der Waals surface area contributed by atoms with Gasteiger partial charge in [-0.1, -0.05) is 12.8 Å². The van der Waals surface area contributed by atoms with Crippen LogP contribution in [0.4, 0.5) is 0 Å². The fourth-order valence-corrected chi connectivity index (χ4v) is 2.87. The molecular formula is C14H15N3O. The summed E-state index contributed by atoms with van der Waals surface area (Å²) in [4.78, 5) is 4.28. The van der Waals surface area contributed by atoms with Gasteiger partial charge in [-0.15, -0.1) is 0 Å². The molecule has 1 N–H and O–H groups in total. The molecule has 2 aromatic rings. The zero-order valence-electron chi connectivity index (χ0n) is 10.1. The molecule has 4 nitrogen and oxygen atoms in total. The Balaban J connectivity index is 2.14. The molecular weight excluding hydrogens is 226 g/mol. The number of rotatable bonds is 1. The van der Waals surface area contributed by atoms with E-state index >= 15 is 0 Å². The minimum absolute atomic E-state index is 0.0764. The summed E-state index contributed by atoms with van der Waals surface area (Å²) in [7, 11) is 0. The second kappa shape index (κ2) is 4.43. The van der Waals surface area contributed by atoms with E-state index in [9.17, 15) is 10.4 Å². The number of fused-ring (bicyclic) bond motifs is 1. The molecule has 2 heterocycles. The van der Waals surface area contributed by atoms with E-state index in [2.05, 4.69) is 11.1 Å². The molecule has 0 amide bonds. The standard InChI is InChI=1S/C14H15N3O/c15-9-10-5-7-16-11-6-8-17(14(10)11)12-3-1-2-4-13(12)18/h5-8,12-13,18H,1-4H2/t12-,13-/m0/s1. The topological polar surface area (TPSA) is 61.8 Å². The third kappa shape index (κ3) is 1.68. The molecule has 0 aliphatic heterocycles. The van der Waals surface area contributed by atoms with Crippen molar-refractivity contribution in [1.82, 2.24) is 9.55 Å². The van der Waals surface area contributed by atoms with Crippen molar-refractivity contribution in [1.29, 1.82) is 5.26 Å². The van der Waals surface area contributed by atoms with Gasteiger partial charge in [0.05, 0.1) is 28.7 Å². The maximum atomic E-state index is 10.1. The number of aliphatic hydroxyl groups is 1. The number of hydrogen-bond donors (Lipinski definition) is 1. The van der Waals surface area contributed by atoms with Crippen molar-refractivity contribution in [2.75, 3.05) is 0 Å². The Bertz CT molecular complexity index is 611. The van der Waals surface area contributed by atoms with Crippen molar-refractivity contribution in [2.24, 2.45) is 0 Å². The van der Waals surface area contributed by atoms with E-state index in [1.807, 2.05) is 16.8 Å². The van der Waals surface area contributed by atoms with E-state index in [1.165, 1.54) is 0 Å². The molecule has 0 saturated heterocycles. The van der Waals surface area contributed by atoms with Gasteiger partial charge in [-0.2, -0.15) is 5.26 Å². The van der Waals surface area contributed by atoms with E-state index in [1.54, 1.807) is 12.3 Å². The summed E-state index contributed by atoms with van der Waals surface area (Å²) < 4.78 is 2.03. The number of aromatic nitrogens is 2. The predicted molar refractivity (Wildman–Crippen MR) is 68.0 cm³/mol. The minimum atomic E-state index is -0.318. The molecule has 18 heavy (non-hydrogen) atoms. The monoisotopic (exact) mass is 241 g/mol. The SMILES string of the molecule is N#Cc1ccnc2ccn([C@H]3CCCC[C@@H]3O)c12. The van der Waals surface area contributed by atoms with Crippen LogP contribution in [0.5, 0.6) is 0 Å². The zero-order chi connectivity index (χ0) is 12.5. The Labute approximate surface area is 105 Å². The van der Waals surface area contributed by atoms with Crippen molar-refractivity contribution < 1.29 is 5.11 Å². The van der Waals surface area contributed by atoms with Crippen LogP contribution < -0.4 is 0 Å². The smallest absolute Gasteiger partial charge is 0.101 e. The third-order valence-corrected chi connectivity index (χ3v) is 3.78. The molecule has 2 atom stereocenters. The largest absolute Gasteiger partial charge is 0.391 e. The van der Waals surface area contributed by atoms with Crippen molar-refractivity contribution in [2.45, 2.75) is 37.8 Å². The summed E-state index contributed by atoms with van der Waals surface area (Å²) in [5, 5.41) is 19.3. The zero-order valence-corrected chi connectivity index (χ0v) is 10.1. The van der Waals surface area contributed by atoms with Gasteiger partial charge in [0.1, 0.15) is 6.07 Å². The lowest BCUT2D eigenvalue weighted by molar-refractivity contribution is 0.0776. The van der Waals surface area contributed by atoms with Crippen LogP contribution in [0.3, 0.4) is 0 Å². The van der Waals surface area contributed by atoms with Gasteiger partial charge in [0.25, 0.3) is 0 Å². The van der Waals surface area contributed by atoms with Gasteiger partial charge in [0.15, 0.2) is 0 Å². The van der Waals surface area contributed by atoms with Gasteiger partial charge in [-0.25, -0.2) is 0 Å². The summed E-state index contributed by atoms with van der Waals surface area (Å²) in [6, 6.07) is 5.93. The fraction of sp³-hybridized carbons (Fsp3) is 0.429. The first-order valence-electron chi connectivity index (χ1n) is 6.35. The van der Waals surface area contributed by atoms with Crippen LogP contribution in [-0.2, 0) is 0 Å². The molecule has 1 aliphatic rings. The molecule has 4 heteroatoms. The van der Waals surface area contributed by atoms with Crippen LogP contribution in [0, 0.1) is 11.3 Å². The second-order valence-corrected chi connectivity index (χ2v) is 4.85. The Kier molecular flexibility index (Phi) is 2.77. The summed E-state index contributed by atoms with van der Waals surface area (Å²) >= 11 is 0. The maximum absolute atomic E-state index is 10.1. The number of aliphatic hydroxyl groups excluding tert-OH is 1. The molecule has 0 bridgehead atoms. The van der Waals surface area contributed by atoms with E-state index in [4.69, 9.17) is 0 Å². The Morgan fingerprint density at radius 1 is 1.33 bits per heavy atom. The van der Waals surface area contributed by atoms with E-state index < -0.39 is 0 Å². The Hall–Kier alpha value is -1.86. The van der Waals surface area contributed by atoms with Crippen molar-refractivity contribution in [3.05, 3.63) is 30.1 Å². The first-order valence-corrected chi connectivity index (χ1v) is 6.35. The van der Waals surface area contributed by atoms with Gasteiger partial charge in [0.2, 0.25) is 0 Å². The second-order valence-electron chi connectivity index (χ2n) is 4.85. The van der Waals surface area contributed by atoms with Gasteiger partial charge >= 0.3 is 0 Å². The molecule has 0 radical (unpaired) electrons. The fourth-order valence-electron chi connectivity index (χ4n) is 2.87. The van der Waals surface area contributed by atoms with Crippen LogP contribution >= 0.6 is 0 Å². The number of hydrogen-bond acceptors (Lipinski definition) is 3. The lowest BCUT2D eigenvalue weighted by Crippen LogP contribution is -2.27. The van der Waals surface area contributed by atoms with Crippen LogP contribution in [0.2, 0.25) is 0 Å². The van der Waals surface area contributed by atoms with E-state index in [0.717, 1.165) is 36.7 Å². The number of nitriles is 1. The predicted octanol–water partition coefficient (Wildman–Crippen LogP) is 2.38. The minimum Gasteiger partial charge on any atom is -0.391 e. The van der Waals surface area contributed by atoms with Gasteiger partial charge in [-0.3, -0.25) is 4.98 Å². The highest BCUT2D eigenvalue weighted by molar-refractivity contribution is 5.81. The van der Waals surface area contributed by atoms with Crippen LogP contribution in [0.15, 0.2) is 24.5 Å². The van der Waals surface area contributed by atoms with Crippen LogP contribution in [0.1, 0.15) is 37.3 Å². The summed E-state index contributed by atoms with van der Waals surface area (Å²) in [5.74, 6) is 0. The number of nitrogens with zero attached hydrogens (tertiary/aromatic N) is 3. The molecule has 1 aliphatic carbocycles. The highest BCUT2D eigenvalue weighted by Gasteiger charge is 2.26. The summed E-state index contributed by atoms with van der Waals surface area (Å²) in [5.41, 5.74) is 2.31. The normalized spacial score (nSPS) is 24.0. The first-order chi connectivity index (χ1) is 8.81. The molecule has 3 rings (SSSR count). The molecule has 1 fully saturated rings. The third-order valence-electron chi connectivity index (χ3n) is 3.78. The highest BCUT2D eigenvalue weighted by Crippen LogP contribution is 2.32. The lowest BCUT2D eigenvalue weighted by atomic mass is 9.92. The maximum Gasteiger partial charge on any atom is 0.101 e. The van der Waals surface area contributed by atoms with E-state index in [-0.39, 0.29) is 12.1 Å². The Morgan fingerprint density at radius 3 is 2.94 bits per heavy atom. The molecule has 1 saturated carbocycles. The highest BCUT2D eigenvalue weighted by atomic mass is 16.3. The van der Waals surface area contributed by atoms with Gasteiger partial charge in [-0.05, 0) is 25.0 Å². The summed E-state index contributed by atoms with van der Waals surface area (Å²) in [6.07, 6.45) is 7.29. The van der Waals surface area contributed by atoms with E-state index in [0.29, 0.717) is 5.56 Å². The first kappa shape index (κ1) is 11.2. The lowest BCUT2D eigenvalue weighted by Gasteiger charge is -2.29. The average Bonchev–Trinajstić information content (AvgIpc) is 2.83. The van der Waals surface area contributed by atoms with Crippen molar-refractivity contribution >= 4 is 11.0 Å².